The molecule has 1 N–H and O–H groups in total. The van der Waals surface area contributed by atoms with Gasteiger partial charge in [-0.3, -0.25) is 9.59 Å². The predicted molar refractivity (Wildman–Crippen MR) is 103 cm³/mol. The molecule has 1 aliphatic rings. The molecule has 1 heterocycles. The molecule has 0 aromatic heterocycles. The summed E-state index contributed by atoms with van der Waals surface area (Å²) < 4.78 is 0. The number of anilines is 2. The average Bonchev–Trinajstić information content (AvgIpc) is 2.59. The van der Waals surface area contributed by atoms with Crippen molar-refractivity contribution in [1.29, 1.82) is 0 Å². The fourth-order valence-electron chi connectivity index (χ4n) is 3.00. The summed E-state index contributed by atoms with van der Waals surface area (Å²) in [6, 6.07) is 5.57. The van der Waals surface area contributed by atoms with E-state index in [1.807, 2.05) is 36.9 Å². The first-order valence-electron chi connectivity index (χ1n) is 9.06. The van der Waals surface area contributed by atoms with Gasteiger partial charge in [-0.25, -0.2) is 0 Å². The van der Waals surface area contributed by atoms with E-state index in [1.54, 1.807) is 0 Å². The molecule has 0 saturated carbocycles. The number of nitrogens with one attached hydrogen (secondary N) is 1. The van der Waals surface area contributed by atoms with Crippen LogP contribution in [0.3, 0.4) is 0 Å². The van der Waals surface area contributed by atoms with Crippen molar-refractivity contribution in [3.63, 3.8) is 0 Å². The van der Waals surface area contributed by atoms with Crippen LogP contribution < -0.4 is 10.2 Å². The van der Waals surface area contributed by atoms with E-state index in [1.165, 1.54) is 0 Å². The van der Waals surface area contributed by atoms with Crippen LogP contribution in [0.15, 0.2) is 18.2 Å². The largest absolute Gasteiger partial charge is 0.365 e. The van der Waals surface area contributed by atoms with Crippen LogP contribution in [0.4, 0.5) is 11.4 Å². The fraction of sp³-hybridized carbons (Fsp3) is 0.579. The third kappa shape index (κ3) is 5.11. The van der Waals surface area contributed by atoms with Crippen molar-refractivity contribution in [2.75, 3.05) is 36.4 Å². The highest BCUT2D eigenvalue weighted by atomic mass is 35.5. The maximum Gasteiger partial charge on any atom is 0.225 e. The van der Waals surface area contributed by atoms with Crippen molar-refractivity contribution >= 4 is 34.8 Å². The minimum atomic E-state index is 0.0130. The van der Waals surface area contributed by atoms with E-state index in [-0.39, 0.29) is 17.7 Å². The van der Waals surface area contributed by atoms with Gasteiger partial charge in [0.25, 0.3) is 0 Å². The molecule has 1 fully saturated rings. The molecule has 0 spiro atoms. The van der Waals surface area contributed by atoms with Crippen LogP contribution in [0, 0.1) is 5.92 Å². The maximum absolute atomic E-state index is 12.1. The normalized spacial score (nSPS) is 14.8. The van der Waals surface area contributed by atoms with Crippen molar-refractivity contribution in [1.82, 2.24) is 4.90 Å². The summed E-state index contributed by atoms with van der Waals surface area (Å²) in [4.78, 5) is 28.3. The Kier molecular flexibility index (Phi) is 7.12. The lowest BCUT2D eigenvalue weighted by Gasteiger charge is -2.38. The van der Waals surface area contributed by atoms with Gasteiger partial charge in [-0.2, -0.15) is 0 Å². The number of hydrogen-bond acceptors (Lipinski definition) is 3. The zero-order valence-corrected chi connectivity index (χ0v) is 16.1. The SMILES string of the molecule is CCCCC(=O)Nc1cccc(Cl)c1N1CCN(C(=O)C(C)C)CC1. The first kappa shape index (κ1) is 19.6. The van der Waals surface area contributed by atoms with E-state index < -0.39 is 0 Å². The number of rotatable bonds is 6. The van der Waals surface area contributed by atoms with Crippen molar-refractivity contribution in [2.45, 2.75) is 40.0 Å². The molecule has 0 bridgehead atoms. The van der Waals surface area contributed by atoms with Gasteiger partial charge in [0.15, 0.2) is 0 Å². The van der Waals surface area contributed by atoms with Gasteiger partial charge in [0.2, 0.25) is 11.8 Å². The molecule has 1 saturated heterocycles. The number of hydrogen-bond donors (Lipinski definition) is 1. The van der Waals surface area contributed by atoms with Crippen molar-refractivity contribution in [3.8, 4) is 0 Å². The number of halogens is 1. The van der Waals surface area contributed by atoms with Crippen LogP contribution >= 0.6 is 11.6 Å². The van der Waals surface area contributed by atoms with Crippen LogP contribution in [0.2, 0.25) is 5.02 Å². The van der Waals surface area contributed by atoms with Crippen LogP contribution in [-0.4, -0.2) is 42.9 Å². The molecule has 138 valence electrons. The van der Waals surface area contributed by atoms with E-state index in [0.717, 1.165) is 24.2 Å². The summed E-state index contributed by atoms with van der Waals surface area (Å²) in [5, 5.41) is 3.61. The van der Waals surface area contributed by atoms with Gasteiger partial charge in [-0.05, 0) is 18.6 Å². The van der Waals surface area contributed by atoms with E-state index in [0.29, 0.717) is 37.6 Å². The first-order chi connectivity index (χ1) is 11.9. The van der Waals surface area contributed by atoms with Crippen molar-refractivity contribution < 1.29 is 9.59 Å². The molecule has 6 heteroatoms. The number of unbranched alkanes of at least 4 members (excludes halogenated alkanes) is 1. The van der Waals surface area contributed by atoms with Gasteiger partial charge in [-0.15, -0.1) is 0 Å². The van der Waals surface area contributed by atoms with E-state index >= 15 is 0 Å². The quantitative estimate of drug-likeness (QED) is 0.834. The molecule has 0 radical (unpaired) electrons. The van der Waals surface area contributed by atoms with Crippen LogP contribution in [-0.2, 0) is 9.59 Å². The molecular formula is C19H28ClN3O2. The second-order valence-electron chi connectivity index (χ2n) is 6.75. The van der Waals surface area contributed by atoms with Gasteiger partial charge in [0, 0.05) is 38.5 Å². The van der Waals surface area contributed by atoms with Gasteiger partial charge < -0.3 is 15.1 Å². The Bertz CT molecular complexity index is 611. The molecular weight excluding hydrogens is 338 g/mol. The second kappa shape index (κ2) is 9.09. The fourth-order valence-corrected chi connectivity index (χ4v) is 3.30. The summed E-state index contributed by atoms with van der Waals surface area (Å²) >= 11 is 6.43. The van der Waals surface area contributed by atoms with Gasteiger partial charge >= 0.3 is 0 Å². The zero-order valence-electron chi connectivity index (χ0n) is 15.3. The Labute approximate surface area is 155 Å². The predicted octanol–water partition coefficient (Wildman–Crippen LogP) is 3.77. The van der Waals surface area contributed by atoms with Crippen LogP contribution in [0.1, 0.15) is 40.0 Å². The first-order valence-corrected chi connectivity index (χ1v) is 9.44. The average molecular weight is 366 g/mol. The van der Waals surface area contributed by atoms with Crippen LogP contribution in [0.5, 0.6) is 0 Å². The van der Waals surface area contributed by atoms with Gasteiger partial charge in [-0.1, -0.05) is 44.9 Å². The summed E-state index contributed by atoms with van der Waals surface area (Å²) in [6.07, 6.45) is 2.37. The smallest absolute Gasteiger partial charge is 0.225 e. The molecule has 1 aliphatic heterocycles. The number of carbonyl (C=O) groups is 2. The van der Waals surface area contributed by atoms with Crippen molar-refractivity contribution in [2.24, 2.45) is 5.92 Å². The monoisotopic (exact) mass is 365 g/mol. The van der Waals surface area contributed by atoms with Gasteiger partial charge in [0.1, 0.15) is 0 Å². The lowest BCUT2D eigenvalue weighted by molar-refractivity contribution is -0.134. The zero-order chi connectivity index (χ0) is 18.4. The molecule has 5 nitrogen and oxygen atoms in total. The molecule has 2 rings (SSSR count). The summed E-state index contributed by atoms with van der Waals surface area (Å²) in [5.41, 5.74) is 1.60. The Balaban J connectivity index is 2.09. The Hall–Kier alpha value is -1.75. The molecule has 25 heavy (non-hydrogen) atoms. The third-order valence-corrected chi connectivity index (χ3v) is 4.72. The lowest BCUT2D eigenvalue weighted by Crippen LogP contribution is -2.50. The number of nitrogens with zero attached hydrogens (tertiary/aromatic N) is 2. The summed E-state index contributed by atoms with van der Waals surface area (Å²) in [5.74, 6) is 0.214. The highest BCUT2D eigenvalue weighted by Crippen LogP contribution is 2.34. The number of para-hydroxylation sites is 1. The Morgan fingerprint density at radius 2 is 1.88 bits per heavy atom. The minimum Gasteiger partial charge on any atom is -0.365 e. The standard InChI is InChI=1S/C19H28ClN3O2/c1-4-5-9-17(24)21-16-8-6-7-15(20)18(16)22-10-12-23(13-11-22)19(25)14(2)3/h6-8,14H,4-5,9-13H2,1-3H3,(H,21,24). The third-order valence-electron chi connectivity index (χ3n) is 4.42. The molecule has 0 unspecified atom stereocenters. The minimum absolute atomic E-state index is 0.0130. The number of amides is 2. The number of benzene rings is 1. The molecule has 1 aromatic rings. The van der Waals surface area contributed by atoms with Gasteiger partial charge in [0.05, 0.1) is 16.4 Å². The van der Waals surface area contributed by atoms with E-state index in [9.17, 15) is 9.59 Å². The van der Waals surface area contributed by atoms with Crippen molar-refractivity contribution in [3.05, 3.63) is 23.2 Å². The summed E-state index contributed by atoms with van der Waals surface area (Å²) in [6.45, 7) is 8.67. The maximum atomic E-state index is 12.1. The highest BCUT2D eigenvalue weighted by Gasteiger charge is 2.25. The molecule has 1 aromatic carbocycles. The Morgan fingerprint density at radius 1 is 1.20 bits per heavy atom. The second-order valence-corrected chi connectivity index (χ2v) is 7.16. The lowest BCUT2D eigenvalue weighted by atomic mass is 10.1. The number of carbonyl (C=O) groups excluding carboxylic acids is 2. The molecule has 2 amide bonds. The van der Waals surface area contributed by atoms with Crippen LogP contribution in [0.25, 0.3) is 0 Å². The van der Waals surface area contributed by atoms with E-state index in [2.05, 4.69) is 17.1 Å². The topological polar surface area (TPSA) is 52.7 Å². The summed E-state index contributed by atoms with van der Waals surface area (Å²) in [7, 11) is 0. The molecule has 0 atom stereocenters. The van der Waals surface area contributed by atoms with E-state index in [4.69, 9.17) is 11.6 Å². The molecule has 0 aliphatic carbocycles. The number of piperazine rings is 1. The Morgan fingerprint density at radius 3 is 2.48 bits per heavy atom. The highest BCUT2D eigenvalue weighted by molar-refractivity contribution is 6.34.